The molecule has 1 heteroatoms. The molecular weight excluding hydrogens is 230 g/mol. The first-order valence-electron chi connectivity index (χ1n) is 7.35. The lowest BCUT2D eigenvalue weighted by Gasteiger charge is -2.09. The normalized spacial score (nSPS) is 10.3. The van der Waals surface area contributed by atoms with Crippen LogP contribution in [0.2, 0.25) is 0 Å². The lowest BCUT2D eigenvalue weighted by molar-refractivity contribution is 0.665. The fourth-order valence-corrected chi connectivity index (χ4v) is 2.20. The monoisotopic (exact) mass is 257 g/mol. The summed E-state index contributed by atoms with van der Waals surface area (Å²) < 4.78 is 0. The molecule has 0 aliphatic carbocycles. The summed E-state index contributed by atoms with van der Waals surface area (Å²) in [7, 11) is 0. The number of benzene rings is 1. The number of hydrogen-bond donors (Lipinski definition) is 0. The molecular formula is C18H27N. The summed E-state index contributed by atoms with van der Waals surface area (Å²) in [5, 5.41) is 0. The van der Waals surface area contributed by atoms with E-state index < -0.39 is 0 Å². The maximum Gasteiger partial charge on any atom is 0.0629 e. The van der Waals surface area contributed by atoms with E-state index in [1.54, 1.807) is 0 Å². The van der Waals surface area contributed by atoms with Crippen molar-refractivity contribution in [2.24, 2.45) is 4.99 Å². The zero-order valence-electron chi connectivity index (χ0n) is 12.9. The average molecular weight is 257 g/mol. The molecule has 1 aromatic rings. The number of aliphatic imine (C=N–C) groups is 1. The highest BCUT2D eigenvalue weighted by Gasteiger charge is 2.03. The number of rotatable bonds is 7. The van der Waals surface area contributed by atoms with E-state index in [1.165, 1.54) is 43.2 Å². The first kappa shape index (κ1) is 15.7. The SMILES string of the molecule is C=C(N=C(C)C)c1ccc(C)c(CCCCCC)c1. The van der Waals surface area contributed by atoms with Crippen LogP contribution >= 0.6 is 0 Å². The van der Waals surface area contributed by atoms with E-state index >= 15 is 0 Å². The van der Waals surface area contributed by atoms with Crippen molar-refractivity contribution in [1.29, 1.82) is 0 Å². The van der Waals surface area contributed by atoms with E-state index in [0.29, 0.717) is 0 Å². The van der Waals surface area contributed by atoms with Crippen LogP contribution in [0.5, 0.6) is 0 Å². The predicted octanol–water partition coefficient (Wildman–Crippen LogP) is 5.57. The van der Waals surface area contributed by atoms with Crippen LogP contribution in [-0.4, -0.2) is 5.71 Å². The lowest BCUT2D eigenvalue weighted by Crippen LogP contribution is -1.93. The van der Waals surface area contributed by atoms with Crippen LogP contribution in [0, 0.1) is 6.92 Å². The highest BCUT2D eigenvalue weighted by molar-refractivity contribution is 5.85. The van der Waals surface area contributed by atoms with Crippen LogP contribution in [0.1, 0.15) is 63.1 Å². The molecule has 0 radical (unpaired) electrons. The first-order valence-corrected chi connectivity index (χ1v) is 7.35. The van der Waals surface area contributed by atoms with Gasteiger partial charge in [-0.25, -0.2) is 0 Å². The van der Waals surface area contributed by atoms with Gasteiger partial charge >= 0.3 is 0 Å². The zero-order valence-corrected chi connectivity index (χ0v) is 12.9. The summed E-state index contributed by atoms with van der Waals surface area (Å²) in [6.07, 6.45) is 6.40. The van der Waals surface area contributed by atoms with E-state index in [4.69, 9.17) is 0 Å². The average Bonchev–Trinajstić information content (AvgIpc) is 2.35. The second kappa shape index (κ2) is 7.93. The molecule has 19 heavy (non-hydrogen) atoms. The fraction of sp³-hybridized carbons (Fsp3) is 0.500. The molecule has 0 saturated heterocycles. The maximum atomic E-state index is 4.45. The fourth-order valence-electron chi connectivity index (χ4n) is 2.20. The van der Waals surface area contributed by atoms with Crippen molar-refractivity contribution in [3.63, 3.8) is 0 Å². The van der Waals surface area contributed by atoms with E-state index in [-0.39, 0.29) is 0 Å². The molecule has 0 heterocycles. The van der Waals surface area contributed by atoms with Gasteiger partial charge in [0.1, 0.15) is 0 Å². The Labute approximate surface area is 118 Å². The quantitative estimate of drug-likeness (QED) is 0.447. The second-order valence-corrected chi connectivity index (χ2v) is 5.46. The largest absolute Gasteiger partial charge is 0.258 e. The molecule has 0 bridgehead atoms. The van der Waals surface area contributed by atoms with E-state index in [9.17, 15) is 0 Å². The van der Waals surface area contributed by atoms with Gasteiger partial charge in [-0.1, -0.05) is 44.9 Å². The Hall–Kier alpha value is -1.37. The Morgan fingerprint density at radius 3 is 2.53 bits per heavy atom. The van der Waals surface area contributed by atoms with Gasteiger partial charge in [0.2, 0.25) is 0 Å². The lowest BCUT2D eigenvalue weighted by atomic mass is 9.98. The zero-order chi connectivity index (χ0) is 14.3. The summed E-state index contributed by atoms with van der Waals surface area (Å²) in [6.45, 7) is 12.5. The van der Waals surface area contributed by atoms with Crippen LogP contribution in [0.3, 0.4) is 0 Å². The summed E-state index contributed by atoms with van der Waals surface area (Å²) in [6, 6.07) is 6.58. The summed E-state index contributed by atoms with van der Waals surface area (Å²) >= 11 is 0. The first-order chi connectivity index (χ1) is 9.04. The van der Waals surface area contributed by atoms with Crippen LogP contribution in [0.4, 0.5) is 0 Å². The minimum absolute atomic E-state index is 0.870. The Balaban J connectivity index is 2.76. The Morgan fingerprint density at radius 2 is 1.89 bits per heavy atom. The number of unbranched alkanes of at least 4 members (excludes halogenated alkanes) is 3. The van der Waals surface area contributed by atoms with Crippen molar-refractivity contribution in [1.82, 2.24) is 0 Å². The molecule has 0 amide bonds. The van der Waals surface area contributed by atoms with Crippen LogP contribution in [-0.2, 0) is 6.42 Å². The summed E-state index contributed by atoms with van der Waals surface area (Å²) in [5.74, 6) is 0. The molecule has 0 unspecified atom stereocenters. The van der Waals surface area contributed by atoms with E-state index in [1.807, 2.05) is 13.8 Å². The van der Waals surface area contributed by atoms with Crippen LogP contribution in [0.25, 0.3) is 5.70 Å². The molecule has 1 nitrogen and oxygen atoms in total. The molecule has 0 aromatic heterocycles. The van der Waals surface area contributed by atoms with Gasteiger partial charge in [-0.3, -0.25) is 4.99 Å². The van der Waals surface area contributed by atoms with Gasteiger partial charge in [-0.2, -0.15) is 0 Å². The molecule has 0 atom stereocenters. The van der Waals surface area contributed by atoms with Crippen LogP contribution in [0.15, 0.2) is 29.8 Å². The minimum atomic E-state index is 0.870. The van der Waals surface area contributed by atoms with E-state index in [2.05, 4.69) is 43.6 Å². The van der Waals surface area contributed by atoms with Crippen LogP contribution < -0.4 is 0 Å². The Kier molecular flexibility index (Phi) is 6.55. The Bertz CT molecular complexity index is 451. The topological polar surface area (TPSA) is 12.4 Å². The molecule has 104 valence electrons. The van der Waals surface area contributed by atoms with Gasteiger partial charge in [0.25, 0.3) is 0 Å². The third kappa shape index (κ3) is 5.42. The van der Waals surface area contributed by atoms with Gasteiger partial charge in [0.15, 0.2) is 0 Å². The maximum absolute atomic E-state index is 4.45. The minimum Gasteiger partial charge on any atom is -0.258 e. The van der Waals surface area contributed by atoms with Crippen molar-refractivity contribution in [2.45, 2.75) is 59.8 Å². The van der Waals surface area contributed by atoms with Crippen molar-refractivity contribution >= 4 is 11.4 Å². The Morgan fingerprint density at radius 1 is 1.16 bits per heavy atom. The van der Waals surface area contributed by atoms with Gasteiger partial charge in [-0.05, 0) is 56.4 Å². The van der Waals surface area contributed by atoms with Gasteiger partial charge in [0.05, 0.1) is 5.70 Å². The van der Waals surface area contributed by atoms with Crippen molar-refractivity contribution in [3.8, 4) is 0 Å². The molecule has 0 aliphatic heterocycles. The number of nitrogens with zero attached hydrogens (tertiary/aromatic N) is 1. The van der Waals surface area contributed by atoms with Crippen molar-refractivity contribution < 1.29 is 0 Å². The molecule has 0 spiro atoms. The predicted molar refractivity (Wildman–Crippen MR) is 86.8 cm³/mol. The number of aryl methyl sites for hydroxylation is 2. The smallest absolute Gasteiger partial charge is 0.0629 e. The summed E-state index contributed by atoms with van der Waals surface area (Å²) in [5.41, 5.74) is 5.89. The van der Waals surface area contributed by atoms with E-state index in [0.717, 1.165) is 17.0 Å². The molecule has 1 aromatic carbocycles. The van der Waals surface area contributed by atoms with Gasteiger partial charge < -0.3 is 0 Å². The molecule has 1 rings (SSSR count). The molecule has 0 saturated carbocycles. The van der Waals surface area contributed by atoms with Gasteiger partial charge in [-0.15, -0.1) is 0 Å². The molecule has 0 aliphatic rings. The second-order valence-electron chi connectivity index (χ2n) is 5.46. The number of hydrogen-bond acceptors (Lipinski definition) is 1. The molecule has 0 N–H and O–H groups in total. The third-order valence-corrected chi connectivity index (χ3v) is 3.34. The molecule has 0 fully saturated rings. The van der Waals surface area contributed by atoms with Crippen molar-refractivity contribution in [2.75, 3.05) is 0 Å². The summed E-state index contributed by atoms with van der Waals surface area (Å²) in [4.78, 5) is 4.45. The van der Waals surface area contributed by atoms with Crippen molar-refractivity contribution in [3.05, 3.63) is 41.5 Å². The van der Waals surface area contributed by atoms with Gasteiger partial charge in [0, 0.05) is 5.71 Å². The highest BCUT2D eigenvalue weighted by Crippen LogP contribution is 2.20. The third-order valence-electron chi connectivity index (χ3n) is 3.34. The highest BCUT2D eigenvalue weighted by atomic mass is 14.7. The standard InChI is InChI=1S/C18H27N/c1-6-7-8-9-10-17-13-18(12-11-15(17)4)16(5)19-14(2)3/h11-13H,5-10H2,1-4H3.